The third-order valence-corrected chi connectivity index (χ3v) is 4.98. The maximum atomic E-state index is 13.4. The fourth-order valence-corrected chi connectivity index (χ4v) is 3.18. The first-order chi connectivity index (χ1) is 16.3. The summed E-state index contributed by atoms with van der Waals surface area (Å²) < 4.78 is 80.4. The summed E-state index contributed by atoms with van der Waals surface area (Å²) >= 11 is 5.82. The normalized spacial score (nSPS) is 12.5. The monoisotopic (exact) mass is 517 g/mol. The van der Waals surface area contributed by atoms with Crippen LogP contribution in [-0.4, -0.2) is 21.6 Å². The van der Waals surface area contributed by atoms with E-state index in [9.17, 15) is 31.1 Å². The highest BCUT2D eigenvalue weighted by atomic mass is 35.5. The number of alkyl halides is 6. The highest BCUT2D eigenvalue weighted by Gasteiger charge is 2.38. The Morgan fingerprint density at radius 3 is 2.29 bits per heavy atom. The van der Waals surface area contributed by atoms with Crippen LogP contribution < -0.4 is 10.6 Å². The van der Waals surface area contributed by atoms with Gasteiger partial charge in [-0.2, -0.15) is 36.4 Å². The van der Waals surface area contributed by atoms with Crippen LogP contribution in [0.1, 0.15) is 34.1 Å². The predicted octanol–water partition coefficient (Wildman–Crippen LogP) is 6.43. The fraction of sp³-hybridized carbons (Fsp3) is 0.227. The lowest BCUT2D eigenvalue weighted by Gasteiger charge is -2.14. The van der Waals surface area contributed by atoms with Crippen molar-refractivity contribution in [1.82, 2.24) is 15.1 Å². The molecule has 35 heavy (non-hydrogen) atoms. The Hall–Kier alpha value is -3.54. The van der Waals surface area contributed by atoms with Crippen molar-refractivity contribution in [3.8, 4) is 0 Å². The number of aliphatic imine (C=N–C) groups is 1. The topological polar surface area (TPSA) is 71.3 Å². The Kier molecular flexibility index (Phi) is 7.44. The van der Waals surface area contributed by atoms with Gasteiger partial charge in [0.05, 0.1) is 5.56 Å². The van der Waals surface area contributed by atoms with Crippen LogP contribution in [0.3, 0.4) is 0 Å². The minimum absolute atomic E-state index is 0.0116. The predicted molar refractivity (Wildman–Crippen MR) is 119 cm³/mol. The second-order valence-electron chi connectivity index (χ2n) is 7.24. The van der Waals surface area contributed by atoms with Gasteiger partial charge in [-0.1, -0.05) is 17.7 Å². The summed E-state index contributed by atoms with van der Waals surface area (Å²) in [6.45, 7) is 2.71. The van der Waals surface area contributed by atoms with Crippen molar-refractivity contribution in [3.63, 3.8) is 0 Å². The van der Waals surface area contributed by atoms with Gasteiger partial charge in [0.25, 0.3) is 5.91 Å². The molecule has 1 aromatic heterocycles. The van der Waals surface area contributed by atoms with Gasteiger partial charge in [0.15, 0.2) is 11.5 Å². The van der Waals surface area contributed by atoms with Crippen LogP contribution in [0.25, 0.3) is 0 Å². The molecule has 1 amide bonds. The second kappa shape index (κ2) is 9.98. The highest BCUT2D eigenvalue weighted by Crippen LogP contribution is 2.35. The Morgan fingerprint density at radius 1 is 1.06 bits per heavy atom. The molecule has 0 saturated heterocycles. The standard InChI is InChI=1S/C22H18ClF6N5O/c1-3-34-18(12(2)17(33-34)22(27,28)29)31-20(32-19(35)13-7-9-15(23)10-8-13)30-16-6-4-5-14(11-16)21(24,25)26/h4-11H,3H2,1-2H3,(H2,30,31,32,35). The van der Waals surface area contributed by atoms with Crippen LogP contribution in [0.2, 0.25) is 5.02 Å². The van der Waals surface area contributed by atoms with Crippen molar-refractivity contribution in [3.05, 3.63) is 75.9 Å². The Bertz CT molecular complexity index is 1250. The number of benzene rings is 2. The molecule has 0 aliphatic rings. The van der Waals surface area contributed by atoms with Crippen LogP contribution in [0, 0.1) is 6.92 Å². The Morgan fingerprint density at radius 2 is 1.71 bits per heavy atom. The quantitative estimate of drug-likeness (QED) is 0.238. The van der Waals surface area contributed by atoms with E-state index >= 15 is 0 Å². The minimum Gasteiger partial charge on any atom is -0.326 e. The van der Waals surface area contributed by atoms with Gasteiger partial charge in [0, 0.05) is 28.4 Å². The number of anilines is 1. The van der Waals surface area contributed by atoms with Gasteiger partial charge in [-0.3, -0.25) is 10.1 Å². The molecule has 0 radical (unpaired) electrons. The number of amides is 1. The number of halogens is 7. The maximum absolute atomic E-state index is 13.4. The summed E-state index contributed by atoms with van der Waals surface area (Å²) in [5.41, 5.74) is -2.43. The Balaban J connectivity index is 2.06. The molecule has 3 rings (SSSR count). The lowest BCUT2D eigenvalue weighted by molar-refractivity contribution is -0.142. The zero-order valence-electron chi connectivity index (χ0n) is 18.2. The van der Waals surface area contributed by atoms with E-state index in [-0.39, 0.29) is 29.2 Å². The van der Waals surface area contributed by atoms with Gasteiger partial charge in [-0.25, -0.2) is 4.68 Å². The number of carbonyl (C=O) groups is 1. The molecule has 0 spiro atoms. The number of nitrogens with zero attached hydrogens (tertiary/aromatic N) is 3. The molecule has 2 aromatic carbocycles. The molecular weight excluding hydrogens is 500 g/mol. The lowest BCUT2D eigenvalue weighted by atomic mass is 10.2. The number of rotatable bonds is 4. The van der Waals surface area contributed by atoms with Gasteiger partial charge in [-0.05, 0) is 56.3 Å². The van der Waals surface area contributed by atoms with Crippen molar-refractivity contribution in [2.24, 2.45) is 4.99 Å². The van der Waals surface area contributed by atoms with Gasteiger partial charge in [-0.15, -0.1) is 0 Å². The molecule has 13 heteroatoms. The van der Waals surface area contributed by atoms with E-state index in [4.69, 9.17) is 11.6 Å². The molecule has 3 aromatic rings. The van der Waals surface area contributed by atoms with Gasteiger partial charge in [0.1, 0.15) is 0 Å². The van der Waals surface area contributed by atoms with Crippen LogP contribution in [0.15, 0.2) is 53.5 Å². The molecule has 0 atom stereocenters. The van der Waals surface area contributed by atoms with E-state index in [0.717, 1.165) is 29.8 Å². The molecule has 0 saturated carbocycles. The van der Waals surface area contributed by atoms with E-state index in [0.29, 0.717) is 5.02 Å². The Labute approximate surface area is 200 Å². The van der Waals surface area contributed by atoms with E-state index in [2.05, 4.69) is 20.7 Å². The number of carbonyl (C=O) groups excluding carboxylic acids is 1. The van der Waals surface area contributed by atoms with E-state index in [1.54, 1.807) is 0 Å². The van der Waals surface area contributed by atoms with E-state index in [1.165, 1.54) is 37.3 Å². The van der Waals surface area contributed by atoms with Crippen LogP contribution in [0.5, 0.6) is 0 Å². The molecule has 0 bridgehead atoms. The first-order valence-corrected chi connectivity index (χ1v) is 10.4. The summed E-state index contributed by atoms with van der Waals surface area (Å²) in [4.78, 5) is 16.8. The molecule has 2 N–H and O–H groups in total. The lowest BCUT2D eigenvalue weighted by Crippen LogP contribution is -2.36. The smallest absolute Gasteiger partial charge is 0.326 e. The number of hydrogen-bond acceptors (Lipinski definition) is 3. The average molecular weight is 518 g/mol. The second-order valence-corrected chi connectivity index (χ2v) is 7.67. The third-order valence-electron chi connectivity index (χ3n) is 4.73. The largest absolute Gasteiger partial charge is 0.435 e. The highest BCUT2D eigenvalue weighted by molar-refractivity contribution is 6.30. The molecule has 186 valence electrons. The summed E-state index contributed by atoms with van der Waals surface area (Å²) in [6, 6.07) is 9.71. The molecule has 0 aliphatic carbocycles. The van der Waals surface area contributed by atoms with Gasteiger partial charge < -0.3 is 5.32 Å². The molecule has 0 fully saturated rings. The first kappa shape index (κ1) is 26.1. The average Bonchev–Trinajstić information content (AvgIpc) is 3.09. The SMILES string of the molecule is CCn1nc(C(F)(F)F)c(C)c1N=C(NC(=O)c1ccc(Cl)cc1)Nc1cccc(C(F)(F)F)c1. The number of aromatic nitrogens is 2. The molecule has 6 nitrogen and oxygen atoms in total. The third kappa shape index (κ3) is 6.32. The molecule has 0 aliphatic heterocycles. The molecule has 0 unspecified atom stereocenters. The van der Waals surface area contributed by atoms with Crippen molar-refractivity contribution >= 4 is 35.0 Å². The fourth-order valence-electron chi connectivity index (χ4n) is 3.06. The summed E-state index contributed by atoms with van der Waals surface area (Å²) in [7, 11) is 0. The first-order valence-electron chi connectivity index (χ1n) is 10.0. The van der Waals surface area contributed by atoms with Crippen LogP contribution in [-0.2, 0) is 18.9 Å². The number of hydrogen-bond donors (Lipinski definition) is 2. The maximum Gasteiger partial charge on any atom is 0.435 e. The van der Waals surface area contributed by atoms with E-state index in [1.807, 2.05) is 0 Å². The van der Waals surface area contributed by atoms with Crippen molar-refractivity contribution in [1.29, 1.82) is 0 Å². The minimum atomic E-state index is -4.75. The van der Waals surface area contributed by atoms with Gasteiger partial charge >= 0.3 is 12.4 Å². The zero-order chi connectivity index (χ0) is 26.0. The van der Waals surface area contributed by atoms with E-state index < -0.39 is 35.5 Å². The summed E-state index contributed by atoms with van der Waals surface area (Å²) in [5.74, 6) is -1.36. The van der Waals surface area contributed by atoms with Gasteiger partial charge in [0.2, 0.25) is 5.96 Å². The summed E-state index contributed by atoms with van der Waals surface area (Å²) in [5, 5.41) is 8.83. The molecular formula is C22H18ClF6N5O. The number of nitrogens with one attached hydrogen (secondary N) is 2. The van der Waals surface area contributed by atoms with Crippen LogP contribution in [0.4, 0.5) is 37.8 Å². The number of aryl methyl sites for hydroxylation is 1. The molecule has 1 heterocycles. The van der Waals surface area contributed by atoms with Crippen LogP contribution >= 0.6 is 11.6 Å². The van der Waals surface area contributed by atoms with Crippen molar-refractivity contribution in [2.75, 3.05) is 5.32 Å². The van der Waals surface area contributed by atoms with Crippen molar-refractivity contribution < 1.29 is 31.1 Å². The van der Waals surface area contributed by atoms with Crippen molar-refractivity contribution in [2.45, 2.75) is 32.7 Å². The zero-order valence-corrected chi connectivity index (χ0v) is 19.0. The summed E-state index contributed by atoms with van der Waals surface area (Å²) in [6.07, 6.45) is -9.39. The number of guanidine groups is 1.